The van der Waals surface area contributed by atoms with Crippen LogP contribution in [-0.4, -0.2) is 120 Å². The van der Waals surface area contributed by atoms with Crippen LogP contribution in [0, 0.1) is 0 Å². The zero-order valence-corrected chi connectivity index (χ0v) is 30.3. The summed E-state index contributed by atoms with van der Waals surface area (Å²) >= 11 is 0. The highest BCUT2D eigenvalue weighted by molar-refractivity contribution is 6.01. The van der Waals surface area contributed by atoms with Gasteiger partial charge in [-0.05, 0) is 79.7 Å². The maximum Gasteiger partial charge on any atom is 0.340 e. The largest absolute Gasteiger partial charge is 0.453 e. The number of hydrogen-bond donors (Lipinski definition) is 0. The molecule has 0 amide bonds. The van der Waals surface area contributed by atoms with Crippen molar-refractivity contribution in [1.29, 1.82) is 0 Å². The number of nitrogens with zero attached hydrogens (tertiary/aromatic N) is 2. The van der Waals surface area contributed by atoms with Crippen LogP contribution in [0.1, 0.15) is 76.1 Å². The molecule has 6 saturated heterocycles. The van der Waals surface area contributed by atoms with Crippen molar-refractivity contribution < 1.29 is 66.4 Å². The van der Waals surface area contributed by atoms with Crippen molar-refractivity contribution in [2.75, 3.05) is 13.2 Å². The monoisotopic (exact) mass is 728 g/mol. The molecule has 8 heterocycles. The van der Waals surface area contributed by atoms with Crippen molar-refractivity contribution in [2.24, 2.45) is 0 Å². The Hall–Kier alpha value is -3.16. The molecule has 16 nitrogen and oxygen atoms in total. The maximum absolute atomic E-state index is 14.1. The van der Waals surface area contributed by atoms with Gasteiger partial charge in [-0.3, -0.25) is 9.97 Å². The quantitative estimate of drug-likeness (QED) is 0.380. The third-order valence-electron chi connectivity index (χ3n) is 9.61. The van der Waals surface area contributed by atoms with Gasteiger partial charge < -0.3 is 56.8 Å². The third kappa shape index (κ3) is 6.74. The molecule has 0 unspecified atom stereocenters. The number of carbonyl (C=O) groups excluding carboxylic acids is 2. The lowest BCUT2D eigenvalue weighted by atomic mass is 10.0. The molecular formula is C36H44N2O14. The molecule has 0 bridgehead atoms. The van der Waals surface area contributed by atoms with Gasteiger partial charge in [0.2, 0.25) is 0 Å². The van der Waals surface area contributed by atoms with Crippen molar-refractivity contribution in [3.63, 3.8) is 0 Å². The molecule has 52 heavy (non-hydrogen) atoms. The molecule has 6 aliphatic heterocycles. The Balaban J connectivity index is 1.06. The highest BCUT2D eigenvalue weighted by Gasteiger charge is 2.61. The predicted molar refractivity (Wildman–Crippen MR) is 173 cm³/mol. The Bertz CT molecular complexity index is 1590. The van der Waals surface area contributed by atoms with E-state index in [1.165, 1.54) is 12.4 Å². The van der Waals surface area contributed by atoms with E-state index in [1.807, 2.05) is 0 Å². The van der Waals surface area contributed by atoms with Gasteiger partial charge in [-0.2, -0.15) is 0 Å². The molecule has 2 aromatic rings. The summed E-state index contributed by atoms with van der Waals surface area (Å²) in [6.45, 7) is 14.6. The van der Waals surface area contributed by atoms with Crippen LogP contribution < -0.4 is 0 Å². The first kappa shape index (κ1) is 35.8. The lowest BCUT2D eigenvalue weighted by molar-refractivity contribution is -0.232. The van der Waals surface area contributed by atoms with E-state index in [1.54, 1.807) is 79.7 Å². The summed E-state index contributed by atoms with van der Waals surface area (Å²) in [5.74, 6) is -5.13. The Morgan fingerprint density at radius 2 is 0.981 bits per heavy atom. The Labute approximate surface area is 300 Å². The lowest BCUT2D eigenvalue weighted by Gasteiger charge is -2.29. The molecule has 2 aromatic heterocycles. The fraction of sp³-hybridized carbons (Fsp3) is 0.667. The number of carbonyl (C=O) groups is 2. The minimum absolute atomic E-state index is 0.0506. The van der Waals surface area contributed by atoms with Crippen molar-refractivity contribution in [2.45, 2.75) is 140 Å². The fourth-order valence-electron chi connectivity index (χ4n) is 7.52. The van der Waals surface area contributed by atoms with Gasteiger partial charge in [-0.1, -0.05) is 0 Å². The molecule has 0 aromatic carbocycles. The molecule has 0 radical (unpaired) electrons. The molecule has 282 valence electrons. The highest BCUT2D eigenvalue weighted by atomic mass is 16.9. The van der Waals surface area contributed by atoms with Crippen LogP contribution in [0.4, 0.5) is 0 Å². The summed E-state index contributed by atoms with van der Waals surface area (Å²) in [7, 11) is 0. The smallest absolute Gasteiger partial charge is 0.340 e. The number of pyridine rings is 2. The summed E-state index contributed by atoms with van der Waals surface area (Å²) in [5.41, 5.74) is 0.306. The SMILES string of the molecule is CC1(C)O[C@H]2O[C@H]([C@H]3COC(C)(C)O3)[C@@H](OC(=O)c3cccnc3-c3ncccc3C(=O)O[C@H]3[C@H]4OC(C)(C)O[C@H]4O[C@@H]3[C@H]3COC(C)(C)O3)[C@H]2O1. The summed E-state index contributed by atoms with van der Waals surface area (Å²) in [6, 6.07) is 6.26. The van der Waals surface area contributed by atoms with Crippen molar-refractivity contribution in [3.8, 4) is 11.4 Å². The number of hydrogen-bond acceptors (Lipinski definition) is 16. The number of fused-ring (bicyclic) bond motifs is 2. The highest BCUT2D eigenvalue weighted by Crippen LogP contribution is 2.44. The number of esters is 2. The van der Waals surface area contributed by atoms with E-state index in [0.29, 0.717) is 0 Å². The van der Waals surface area contributed by atoms with E-state index < -0.39 is 96.5 Å². The Morgan fingerprint density at radius 1 is 0.577 bits per heavy atom. The molecule has 0 spiro atoms. The third-order valence-corrected chi connectivity index (χ3v) is 9.61. The topological polar surface area (TPSA) is 171 Å². The van der Waals surface area contributed by atoms with Crippen LogP contribution >= 0.6 is 0 Å². The second-order valence-electron chi connectivity index (χ2n) is 15.4. The summed E-state index contributed by atoms with van der Waals surface area (Å²) in [5, 5.41) is 0. The van der Waals surface area contributed by atoms with Crippen molar-refractivity contribution in [1.82, 2.24) is 9.97 Å². The van der Waals surface area contributed by atoms with E-state index in [9.17, 15) is 9.59 Å². The molecule has 6 aliphatic rings. The van der Waals surface area contributed by atoms with Gasteiger partial charge in [0, 0.05) is 12.4 Å². The zero-order valence-electron chi connectivity index (χ0n) is 30.3. The summed E-state index contributed by atoms with van der Waals surface area (Å²) in [6.07, 6.45) is -4.59. The van der Waals surface area contributed by atoms with E-state index in [0.717, 1.165) is 0 Å². The fourth-order valence-corrected chi connectivity index (χ4v) is 7.52. The van der Waals surface area contributed by atoms with Gasteiger partial charge in [0.1, 0.15) is 35.8 Å². The number of ether oxygens (including phenoxy) is 12. The van der Waals surface area contributed by atoms with Gasteiger partial charge in [-0.25, -0.2) is 9.59 Å². The van der Waals surface area contributed by atoms with Crippen molar-refractivity contribution in [3.05, 3.63) is 47.8 Å². The molecule has 16 heteroatoms. The van der Waals surface area contributed by atoms with Gasteiger partial charge in [0.05, 0.1) is 24.3 Å². The summed E-state index contributed by atoms with van der Waals surface area (Å²) in [4.78, 5) is 37.2. The molecule has 8 rings (SSSR count). The van der Waals surface area contributed by atoms with E-state index >= 15 is 0 Å². The first-order valence-corrected chi connectivity index (χ1v) is 17.5. The predicted octanol–water partition coefficient (Wildman–Crippen LogP) is 3.25. The van der Waals surface area contributed by atoms with Gasteiger partial charge in [0.15, 0.2) is 60.1 Å². The van der Waals surface area contributed by atoms with Gasteiger partial charge >= 0.3 is 11.9 Å². The molecule has 6 fully saturated rings. The average molecular weight is 729 g/mol. The van der Waals surface area contributed by atoms with E-state index in [4.69, 9.17) is 56.8 Å². The Morgan fingerprint density at radius 3 is 1.35 bits per heavy atom. The van der Waals surface area contributed by atoms with E-state index in [2.05, 4.69) is 9.97 Å². The first-order chi connectivity index (χ1) is 24.5. The maximum atomic E-state index is 14.1. The van der Waals surface area contributed by atoms with Crippen LogP contribution in [0.25, 0.3) is 11.4 Å². The van der Waals surface area contributed by atoms with Crippen molar-refractivity contribution >= 4 is 11.9 Å². The standard InChI is InChI=1S/C36H44N2O14/c1-33(2)41-15-19(47-33)23-25(27-31(45-23)51-35(5,6)49-27)43-29(39)17-11-9-13-37-21(17)22-18(12-10-14-38-22)30(40)44-26-24(20-16-42-34(3,4)48-20)46-32-28(26)50-36(7,8)52-32/h9-14,19-20,23-28,31-32H,15-16H2,1-8H3/t19-,20-,23-,24-,25-,26-,27-,28-,31-,32-/m1/s1. The van der Waals surface area contributed by atoms with Gasteiger partial charge in [-0.15, -0.1) is 0 Å². The van der Waals surface area contributed by atoms with Crippen LogP contribution in [0.5, 0.6) is 0 Å². The van der Waals surface area contributed by atoms with Crippen LogP contribution in [0.15, 0.2) is 36.7 Å². The number of aromatic nitrogens is 2. The van der Waals surface area contributed by atoms with Crippen LogP contribution in [0.2, 0.25) is 0 Å². The Kier molecular flexibility index (Phi) is 8.77. The molecule has 0 N–H and O–H groups in total. The summed E-state index contributed by atoms with van der Waals surface area (Å²) < 4.78 is 72.7. The normalized spacial score (nSPS) is 37.8. The minimum Gasteiger partial charge on any atom is -0.453 e. The van der Waals surface area contributed by atoms with E-state index in [-0.39, 0.29) is 35.7 Å². The zero-order chi connectivity index (χ0) is 36.8. The molecular weight excluding hydrogens is 684 g/mol. The molecule has 10 atom stereocenters. The molecule has 0 saturated carbocycles. The second kappa shape index (κ2) is 12.7. The minimum atomic E-state index is -0.970. The van der Waals surface area contributed by atoms with Gasteiger partial charge in [0.25, 0.3) is 0 Å². The lowest BCUT2D eigenvalue weighted by Crippen LogP contribution is -2.45. The molecule has 0 aliphatic carbocycles. The number of rotatable bonds is 7. The van der Waals surface area contributed by atoms with Crippen LogP contribution in [-0.2, 0) is 56.8 Å². The first-order valence-electron chi connectivity index (χ1n) is 17.5. The second-order valence-corrected chi connectivity index (χ2v) is 15.4. The average Bonchev–Trinajstić information content (AvgIpc) is 3.89. The van der Waals surface area contributed by atoms with Crippen LogP contribution in [0.3, 0.4) is 0 Å².